The lowest BCUT2D eigenvalue weighted by Gasteiger charge is -2.14. The van der Waals surface area contributed by atoms with Gasteiger partial charge >= 0.3 is 0 Å². The van der Waals surface area contributed by atoms with Crippen molar-refractivity contribution in [3.63, 3.8) is 0 Å². The molecule has 0 unspecified atom stereocenters. The first-order valence-electron chi connectivity index (χ1n) is 8.20. The summed E-state index contributed by atoms with van der Waals surface area (Å²) in [5.74, 6) is 0.887. The molecule has 1 aliphatic heterocycles. The number of ether oxygens (including phenoxy) is 1. The number of nitrogens with two attached hydrogens (primary N) is 1. The molecular formula is C16H38N2O. The standard InChI is InChI=1S/C10H21N.C4H11NO.C2H6/c1-10(2)6-5-9-11-7-3-4-8-11;1-2-6-4-3-5;1-2/h10H,3-9H2,1-2H3;2-5H2,1H3;1-2H3. The van der Waals surface area contributed by atoms with Gasteiger partial charge in [-0.1, -0.05) is 27.7 Å². The minimum Gasteiger partial charge on any atom is -0.380 e. The normalized spacial score (nSPS) is 14.7. The molecule has 3 nitrogen and oxygen atoms in total. The van der Waals surface area contributed by atoms with Gasteiger partial charge in [-0.25, -0.2) is 0 Å². The van der Waals surface area contributed by atoms with Gasteiger partial charge in [0.15, 0.2) is 0 Å². The highest BCUT2D eigenvalue weighted by Crippen LogP contribution is 2.10. The van der Waals surface area contributed by atoms with Crippen LogP contribution in [0.4, 0.5) is 0 Å². The van der Waals surface area contributed by atoms with Crippen LogP contribution in [-0.4, -0.2) is 44.3 Å². The van der Waals surface area contributed by atoms with Crippen LogP contribution in [-0.2, 0) is 4.74 Å². The Morgan fingerprint density at radius 1 is 1.16 bits per heavy atom. The van der Waals surface area contributed by atoms with Crippen molar-refractivity contribution in [3.05, 3.63) is 0 Å². The summed E-state index contributed by atoms with van der Waals surface area (Å²) in [6, 6.07) is 0. The Bertz CT molecular complexity index is 142. The zero-order chi connectivity index (χ0) is 14.9. The van der Waals surface area contributed by atoms with E-state index in [0.29, 0.717) is 13.2 Å². The number of hydrogen-bond acceptors (Lipinski definition) is 3. The fraction of sp³-hybridized carbons (Fsp3) is 1.00. The summed E-state index contributed by atoms with van der Waals surface area (Å²) in [6.45, 7) is 16.7. The van der Waals surface area contributed by atoms with Crippen molar-refractivity contribution in [2.24, 2.45) is 11.7 Å². The topological polar surface area (TPSA) is 38.5 Å². The molecule has 0 aromatic rings. The summed E-state index contributed by atoms with van der Waals surface area (Å²) in [6.07, 6.45) is 5.66. The second kappa shape index (κ2) is 17.9. The molecule has 0 saturated carbocycles. The van der Waals surface area contributed by atoms with Crippen molar-refractivity contribution in [3.8, 4) is 0 Å². The minimum atomic E-state index is 0.633. The number of likely N-dealkylation sites (tertiary alicyclic amines) is 1. The molecule has 19 heavy (non-hydrogen) atoms. The quantitative estimate of drug-likeness (QED) is 0.722. The summed E-state index contributed by atoms with van der Waals surface area (Å²) in [4.78, 5) is 2.60. The van der Waals surface area contributed by atoms with Crippen molar-refractivity contribution >= 4 is 0 Å². The third kappa shape index (κ3) is 17.9. The van der Waals surface area contributed by atoms with Crippen LogP contribution in [0.2, 0.25) is 0 Å². The molecule has 1 heterocycles. The first kappa shape index (κ1) is 21.2. The molecule has 0 amide bonds. The van der Waals surface area contributed by atoms with Gasteiger partial charge in [0, 0.05) is 13.2 Å². The molecule has 0 aliphatic carbocycles. The lowest BCUT2D eigenvalue weighted by atomic mass is 10.1. The average molecular weight is 274 g/mol. The van der Waals surface area contributed by atoms with E-state index in [2.05, 4.69) is 18.7 Å². The number of hydrogen-bond donors (Lipinski definition) is 1. The van der Waals surface area contributed by atoms with E-state index in [0.717, 1.165) is 12.5 Å². The van der Waals surface area contributed by atoms with Crippen LogP contribution >= 0.6 is 0 Å². The largest absolute Gasteiger partial charge is 0.380 e. The summed E-state index contributed by atoms with van der Waals surface area (Å²) in [7, 11) is 0. The van der Waals surface area contributed by atoms with Gasteiger partial charge in [0.2, 0.25) is 0 Å². The highest BCUT2D eigenvalue weighted by atomic mass is 16.5. The Morgan fingerprint density at radius 3 is 2.11 bits per heavy atom. The smallest absolute Gasteiger partial charge is 0.0588 e. The molecule has 2 N–H and O–H groups in total. The maximum Gasteiger partial charge on any atom is 0.0588 e. The van der Waals surface area contributed by atoms with Gasteiger partial charge in [0.25, 0.3) is 0 Å². The number of rotatable bonds is 7. The lowest BCUT2D eigenvalue weighted by molar-refractivity contribution is 0.155. The van der Waals surface area contributed by atoms with E-state index >= 15 is 0 Å². The predicted molar refractivity (Wildman–Crippen MR) is 86.6 cm³/mol. The zero-order valence-corrected chi connectivity index (χ0v) is 14.1. The van der Waals surface area contributed by atoms with Crippen LogP contribution < -0.4 is 5.73 Å². The van der Waals surface area contributed by atoms with Crippen molar-refractivity contribution in [2.75, 3.05) is 39.4 Å². The Morgan fingerprint density at radius 2 is 1.74 bits per heavy atom. The molecule has 0 aromatic carbocycles. The van der Waals surface area contributed by atoms with Gasteiger partial charge in [0.05, 0.1) is 6.61 Å². The van der Waals surface area contributed by atoms with Crippen LogP contribution in [0, 0.1) is 5.92 Å². The second-order valence-corrected chi connectivity index (χ2v) is 5.07. The summed E-state index contributed by atoms with van der Waals surface area (Å²) >= 11 is 0. The van der Waals surface area contributed by atoms with E-state index in [9.17, 15) is 0 Å². The fourth-order valence-corrected chi connectivity index (χ4v) is 1.96. The minimum absolute atomic E-state index is 0.633. The monoisotopic (exact) mass is 274 g/mol. The summed E-state index contributed by atoms with van der Waals surface area (Å²) in [5.41, 5.74) is 5.09. The van der Waals surface area contributed by atoms with Gasteiger partial charge < -0.3 is 15.4 Å². The average Bonchev–Trinajstić information content (AvgIpc) is 2.92. The van der Waals surface area contributed by atoms with Gasteiger partial charge in [0.1, 0.15) is 0 Å². The van der Waals surface area contributed by atoms with E-state index in [1.165, 1.54) is 45.3 Å². The van der Waals surface area contributed by atoms with Crippen LogP contribution in [0.25, 0.3) is 0 Å². The summed E-state index contributed by atoms with van der Waals surface area (Å²) in [5, 5.41) is 0. The Kier molecular flexibility index (Phi) is 19.9. The van der Waals surface area contributed by atoms with Crippen LogP contribution in [0.15, 0.2) is 0 Å². The molecule has 0 atom stereocenters. The Labute approximate surface area is 121 Å². The van der Waals surface area contributed by atoms with Gasteiger partial charge in [-0.2, -0.15) is 0 Å². The molecular weight excluding hydrogens is 236 g/mol. The van der Waals surface area contributed by atoms with Gasteiger partial charge in [-0.3, -0.25) is 0 Å². The molecule has 1 fully saturated rings. The van der Waals surface area contributed by atoms with Crippen molar-refractivity contribution in [1.29, 1.82) is 0 Å². The fourth-order valence-electron chi connectivity index (χ4n) is 1.96. The highest BCUT2D eigenvalue weighted by molar-refractivity contribution is 4.65. The molecule has 118 valence electrons. The Hall–Kier alpha value is -0.120. The summed E-state index contributed by atoms with van der Waals surface area (Å²) < 4.78 is 4.86. The van der Waals surface area contributed by atoms with E-state index in [1.807, 2.05) is 20.8 Å². The van der Waals surface area contributed by atoms with E-state index in [4.69, 9.17) is 10.5 Å². The van der Waals surface area contributed by atoms with E-state index in [1.54, 1.807) is 0 Å². The zero-order valence-electron chi connectivity index (χ0n) is 14.1. The third-order valence-corrected chi connectivity index (χ3v) is 2.92. The second-order valence-electron chi connectivity index (χ2n) is 5.07. The maximum atomic E-state index is 5.09. The molecule has 1 rings (SSSR count). The molecule has 1 saturated heterocycles. The van der Waals surface area contributed by atoms with Crippen molar-refractivity contribution in [1.82, 2.24) is 4.90 Å². The van der Waals surface area contributed by atoms with Gasteiger partial charge in [-0.15, -0.1) is 0 Å². The molecule has 0 bridgehead atoms. The Balaban J connectivity index is 0. The predicted octanol–water partition coefficient (Wildman–Crippen LogP) is 3.53. The molecule has 3 heteroatoms. The first-order valence-corrected chi connectivity index (χ1v) is 8.20. The molecule has 0 aromatic heterocycles. The molecule has 0 radical (unpaired) electrons. The number of nitrogens with zero attached hydrogens (tertiary/aromatic N) is 1. The van der Waals surface area contributed by atoms with Gasteiger partial charge in [-0.05, 0) is 58.2 Å². The first-order chi connectivity index (χ1) is 9.20. The van der Waals surface area contributed by atoms with Crippen LogP contribution in [0.1, 0.15) is 60.3 Å². The molecule has 0 spiro atoms. The lowest BCUT2D eigenvalue weighted by Crippen LogP contribution is -2.20. The van der Waals surface area contributed by atoms with E-state index < -0.39 is 0 Å². The molecule has 1 aliphatic rings. The van der Waals surface area contributed by atoms with Crippen LogP contribution in [0.3, 0.4) is 0 Å². The highest BCUT2D eigenvalue weighted by Gasteiger charge is 2.10. The van der Waals surface area contributed by atoms with E-state index in [-0.39, 0.29) is 0 Å². The van der Waals surface area contributed by atoms with Crippen LogP contribution in [0.5, 0.6) is 0 Å². The SMILES string of the molecule is CC.CC(C)CCCN1CCCC1.CCOCCN. The van der Waals surface area contributed by atoms with Crippen molar-refractivity contribution < 1.29 is 4.74 Å². The third-order valence-electron chi connectivity index (χ3n) is 2.92. The van der Waals surface area contributed by atoms with Crippen molar-refractivity contribution in [2.45, 2.75) is 60.3 Å². The maximum absolute atomic E-state index is 5.09.